The lowest BCUT2D eigenvalue weighted by molar-refractivity contribution is -0.758. The first-order chi connectivity index (χ1) is 17.6. The SMILES string of the molecule is C=C1C2=C(c3cc(CCCC)cc[n+]3C1(CC)CC)C(C)(C)c1cc3c(cc12)-c1ccccc1C3(C)C. The molecule has 6 rings (SSSR count). The normalized spacial score (nSPS) is 19.3. The molecular weight excluding hydrogens is 446 g/mol. The number of pyridine rings is 1. The molecule has 2 aliphatic carbocycles. The van der Waals surface area contributed by atoms with Crippen molar-refractivity contribution < 1.29 is 4.57 Å². The van der Waals surface area contributed by atoms with E-state index < -0.39 is 0 Å². The van der Waals surface area contributed by atoms with Crippen LogP contribution in [0.15, 0.2) is 66.9 Å². The first-order valence-corrected chi connectivity index (χ1v) is 14.4. The number of hydrogen-bond donors (Lipinski definition) is 0. The van der Waals surface area contributed by atoms with Crippen LogP contribution in [-0.2, 0) is 22.8 Å². The monoisotopic (exact) mass is 488 g/mol. The summed E-state index contributed by atoms with van der Waals surface area (Å²) in [6.45, 7) is 21.5. The summed E-state index contributed by atoms with van der Waals surface area (Å²) in [5, 5.41) is 0. The number of unbranched alkanes of at least 4 members (excludes halogenated alkanes) is 1. The van der Waals surface area contributed by atoms with E-state index in [4.69, 9.17) is 6.58 Å². The van der Waals surface area contributed by atoms with E-state index in [1.54, 1.807) is 0 Å². The van der Waals surface area contributed by atoms with Crippen LogP contribution in [0.4, 0.5) is 0 Å². The number of benzene rings is 2. The van der Waals surface area contributed by atoms with Gasteiger partial charge in [-0.15, -0.1) is 0 Å². The molecule has 3 aromatic rings. The third-order valence-electron chi connectivity index (χ3n) is 10.1. The minimum Gasteiger partial charge on any atom is -0.189 e. The minimum atomic E-state index is -0.0919. The summed E-state index contributed by atoms with van der Waals surface area (Å²) in [5.74, 6) is 0. The van der Waals surface area contributed by atoms with Crippen molar-refractivity contribution in [1.82, 2.24) is 0 Å². The molecule has 0 saturated carbocycles. The first kappa shape index (κ1) is 24.4. The van der Waals surface area contributed by atoms with Gasteiger partial charge in [0.1, 0.15) is 0 Å². The maximum atomic E-state index is 4.88. The average molecular weight is 489 g/mol. The molecule has 1 nitrogen and oxygen atoms in total. The largest absolute Gasteiger partial charge is 0.210 e. The van der Waals surface area contributed by atoms with E-state index in [0.717, 1.165) is 19.3 Å². The van der Waals surface area contributed by atoms with Gasteiger partial charge in [0.15, 0.2) is 11.7 Å². The zero-order valence-electron chi connectivity index (χ0n) is 23.9. The highest BCUT2D eigenvalue weighted by Crippen LogP contribution is 2.60. The van der Waals surface area contributed by atoms with Crippen molar-refractivity contribution >= 4 is 11.1 Å². The number of nitrogens with zero attached hydrogens (tertiary/aromatic N) is 1. The molecule has 0 spiro atoms. The number of allylic oxidation sites excluding steroid dienone is 3. The van der Waals surface area contributed by atoms with Gasteiger partial charge in [-0.3, -0.25) is 0 Å². The van der Waals surface area contributed by atoms with Gasteiger partial charge in [-0.2, -0.15) is 4.57 Å². The van der Waals surface area contributed by atoms with E-state index in [2.05, 4.69) is 108 Å². The molecule has 0 saturated heterocycles. The second-order valence-corrected chi connectivity index (χ2v) is 12.6. The molecule has 190 valence electrons. The van der Waals surface area contributed by atoms with Gasteiger partial charge >= 0.3 is 0 Å². The zero-order valence-corrected chi connectivity index (χ0v) is 23.9. The summed E-state index contributed by atoms with van der Waals surface area (Å²) in [5.41, 5.74) is 15.5. The summed E-state index contributed by atoms with van der Waals surface area (Å²) in [7, 11) is 0. The average Bonchev–Trinajstić information content (AvgIpc) is 3.27. The summed E-state index contributed by atoms with van der Waals surface area (Å²) < 4.78 is 2.59. The quantitative estimate of drug-likeness (QED) is 0.316. The van der Waals surface area contributed by atoms with Crippen molar-refractivity contribution in [1.29, 1.82) is 0 Å². The van der Waals surface area contributed by atoms with E-state index in [1.807, 2.05) is 0 Å². The highest BCUT2D eigenvalue weighted by atomic mass is 15.1. The second kappa shape index (κ2) is 8.03. The van der Waals surface area contributed by atoms with Gasteiger partial charge in [0.2, 0.25) is 5.69 Å². The smallest absolute Gasteiger partial charge is 0.189 e. The van der Waals surface area contributed by atoms with Crippen LogP contribution in [-0.4, -0.2) is 0 Å². The van der Waals surface area contributed by atoms with Crippen molar-refractivity contribution in [2.24, 2.45) is 0 Å². The molecule has 2 aromatic carbocycles. The lowest BCUT2D eigenvalue weighted by Crippen LogP contribution is -2.61. The lowest BCUT2D eigenvalue weighted by atomic mass is 9.72. The van der Waals surface area contributed by atoms with Crippen LogP contribution in [0.5, 0.6) is 0 Å². The van der Waals surface area contributed by atoms with Gasteiger partial charge < -0.3 is 0 Å². The molecule has 0 N–H and O–H groups in total. The van der Waals surface area contributed by atoms with Crippen molar-refractivity contribution in [3.8, 4) is 11.1 Å². The lowest BCUT2D eigenvalue weighted by Gasteiger charge is -2.37. The van der Waals surface area contributed by atoms with Crippen LogP contribution < -0.4 is 4.57 Å². The second-order valence-electron chi connectivity index (χ2n) is 12.6. The number of rotatable bonds is 5. The van der Waals surface area contributed by atoms with Gasteiger partial charge in [-0.1, -0.05) is 91.8 Å². The molecule has 37 heavy (non-hydrogen) atoms. The van der Waals surface area contributed by atoms with E-state index in [0.29, 0.717) is 0 Å². The Labute approximate surface area is 224 Å². The molecule has 3 aliphatic rings. The molecule has 1 aromatic heterocycles. The molecule has 1 heteroatoms. The van der Waals surface area contributed by atoms with Crippen molar-refractivity contribution in [3.05, 3.63) is 100 Å². The van der Waals surface area contributed by atoms with Gasteiger partial charge in [0.25, 0.3) is 0 Å². The molecule has 0 amide bonds. The Balaban J connectivity index is 1.66. The molecule has 2 heterocycles. The topological polar surface area (TPSA) is 3.88 Å². The maximum Gasteiger partial charge on any atom is 0.210 e. The molecule has 0 fully saturated rings. The van der Waals surface area contributed by atoms with Crippen LogP contribution in [0.1, 0.15) is 108 Å². The van der Waals surface area contributed by atoms with Gasteiger partial charge in [-0.25, -0.2) is 0 Å². The number of hydrogen-bond acceptors (Lipinski definition) is 0. The predicted molar refractivity (Wildman–Crippen MR) is 157 cm³/mol. The number of fused-ring (bicyclic) bond motifs is 7. The minimum absolute atomic E-state index is 0.00765. The molecule has 0 bridgehead atoms. The van der Waals surface area contributed by atoms with Gasteiger partial charge in [-0.05, 0) is 57.9 Å². The van der Waals surface area contributed by atoms with Crippen molar-refractivity contribution in [3.63, 3.8) is 0 Å². The fraction of sp³-hybridized carbons (Fsp3) is 0.417. The summed E-state index contributed by atoms with van der Waals surface area (Å²) in [6.07, 6.45) is 8.07. The molecular formula is C36H42N+. The summed E-state index contributed by atoms with van der Waals surface area (Å²) in [4.78, 5) is 0. The van der Waals surface area contributed by atoms with E-state index in [-0.39, 0.29) is 16.4 Å². The number of aromatic nitrogens is 1. The number of aryl methyl sites for hydroxylation is 1. The fourth-order valence-electron chi connectivity index (χ4n) is 7.86. The Hall–Kier alpha value is -2.93. The molecule has 0 radical (unpaired) electrons. The van der Waals surface area contributed by atoms with Gasteiger partial charge in [0.05, 0.1) is 0 Å². The van der Waals surface area contributed by atoms with Crippen LogP contribution >= 0.6 is 0 Å². The predicted octanol–water partition coefficient (Wildman–Crippen LogP) is 8.91. The maximum absolute atomic E-state index is 4.88. The molecule has 0 atom stereocenters. The van der Waals surface area contributed by atoms with Crippen LogP contribution in [0.2, 0.25) is 0 Å². The van der Waals surface area contributed by atoms with E-state index in [1.165, 1.54) is 74.2 Å². The molecule has 1 aliphatic heterocycles. The third kappa shape index (κ3) is 3.01. The standard InChI is InChI=1S/C36H42N/c1-9-12-15-24-18-19-37-31(20-24)33-32(23(4)36(37,10-2)11-3)27-21-26-25-16-13-14-17-28(25)34(5,6)29(26)22-30(27)35(33,7)8/h13-14,16-22H,4,9-12,15H2,1-3,5-8H3/q+1. The Morgan fingerprint density at radius 1 is 0.757 bits per heavy atom. The van der Waals surface area contributed by atoms with E-state index >= 15 is 0 Å². The zero-order chi connectivity index (χ0) is 26.3. The highest BCUT2D eigenvalue weighted by Gasteiger charge is 2.55. The summed E-state index contributed by atoms with van der Waals surface area (Å²) >= 11 is 0. The van der Waals surface area contributed by atoms with Gasteiger partial charge in [0, 0.05) is 52.5 Å². The van der Waals surface area contributed by atoms with Crippen LogP contribution in [0.25, 0.3) is 22.3 Å². The third-order valence-corrected chi connectivity index (χ3v) is 10.1. The fourth-order valence-corrected chi connectivity index (χ4v) is 7.86. The first-order valence-electron chi connectivity index (χ1n) is 14.4. The Kier molecular flexibility index (Phi) is 5.30. The van der Waals surface area contributed by atoms with Crippen molar-refractivity contribution in [2.75, 3.05) is 0 Å². The summed E-state index contributed by atoms with van der Waals surface area (Å²) in [6, 6.07) is 19.0. The van der Waals surface area contributed by atoms with E-state index in [9.17, 15) is 0 Å². The Morgan fingerprint density at radius 3 is 2.16 bits per heavy atom. The Morgan fingerprint density at radius 2 is 1.46 bits per heavy atom. The Bertz CT molecular complexity index is 1490. The van der Waals surface area contributed by atoms with Crippen LogP contribution in [0.3, 0.4) is 0 Å². The highest BCUT2D eigenvalue weighted by molar-refractivity contribution is 6.08. The van der Waals surface area contributed by atoms with Crippen molar-refractivity contribution in [2.45, 2.75) is 96.9 Å². The van der Waals surface area contributed by atoms with Crippen LogP contribution in [0, 0.1) is 0 Å². The molecule has 0 unspecified atom stereocenters.